The number of hydrogen-bond donors (Lipinski definition) is 3. The van der Waals surface area contributed by atoms with Crippen molar-refractivity contribution in [1.82, 2.24) is 0 Å². The zero-order valence-corrected chi connectivity index (χ0v) is 12.9. The van der Waals surface area contributed by atoms with Gasteiger partial charge in [-0.3, -0.25) is 4.79 Å². The molecule has 4 nitrogen and oxygen atoms in total. The van der Waals surface area contributed by atoms with E-state index in [1.54, 1.807) is 0 Å². The molecule has 0 radical (unpaired) electrons. The number of aromatic hydroxyl groups is 1. The van der Waals surface area contributed by atoms with E-state index < -0.39 is 6.04 Å². The van der Waals surface area contributed by atoms with Crippen molar-refractivity contribution >= 4 is 47.2 Å². The summed E-state index contributed by atoms with van der Waals surface area (Å²) in [6.07, 6.45) is 0.589. The number of nitrogens with one attached hydrogen (secondary N) is 1. The summed E-state index contributed by atoms with van der Waals surface area (Å²) in [6, 6.07) is 2.25. The van der Waals surface area contributed by atoms with Crippen molar-refractivity contribution in [3.63, 3.8) is 0 Å². The zero-order chi connectivity index (χ0) is 13.9. The van der Waals surface area contributed by atoms with E-state index >= 15 is 0 Å². The van der Waals surface area contributed by atoms with Crippen molar-refractivity contribution in [1.29, 1.82) is 0 Å². The van der Waals surface area contributed by atoms with E-state index in [1.165, 1.54) is 12.1 Å². The lowest BCUT2D eigenvalue weighted by molar-refractivity contribution is -0.117. The maximum atomic E-state index is 11.8. The minimum Gasteiger partial charge on any atom is -0.505 e. The van der Waals surface area contributed by atoms with Gasteiger partial charge >= 0.3 is 0 Å². The van der Waals surface area contributed by atoms with Crippen LogP contribution in [0.2, 0.25) is 10.0 Å². The summed E-state index contributed by atoms with van der Waals surface area (Å²) in [7, 11) is 0. The number of phenols is 1. The number of carbonyl (C=O) groups excluding carboxylic acids is 1. The molecule has 1 aromatic carbocycles. The Hall–Kier alpha value is -0.680. The van der Waals surface area contributed by atoms with Crippen LogP contribution in [0.3, 0.4) is 0 Å². The summed E-state index contributed by atoms with van der Waals surface area (Å²) in [5.41, 5.74) is 6.15. The van der Waals surface area contributed by atoms with Crippen molar-refractivity contribution in [2.24, 2.45) is 11.7 Å². The molecule has 1 amide bonds. The van der Waals surface area contributed by atoms with Crippen LogP contribution in [-0.4, -0.2) is 17.1 Å². The first-order chi connectivity index (χ1) is 8.31. The predicted octanol–water partition coefficient (Wildman–Crippen LogP) is 3.43. The van der Waals surface area contributed by atoms with Crippen LogP contribution in [0.5, 0.6) is 5.75 Å². The normalized spacial score (nSPS) is 11.9. The number of nitrogens with two attached hydrogens (primary N) is 1. The van der Waals surface area contributed by atoms with Gasteiger partial charge in [-0.15, -0.1) is 12.4 Å². The quantitative estimate of drug-likeness (QED) is 0.742. The van der Waals surface area contributed by atoms with E-state index in [4.69, 9.17) is 28.9 Å². The molecule has 0 aromatic heterocycles. The SMILES string of the molecule is CC(C)C[C@H](N)C(=O)Nc1cc(Cl)c(O)c(Cl)c1.Cl. The van der Waals surface area contributed by atoms with Crippen LogP contribution >= 0.6 is 35.6 Å². The molecule has 0 bridgehead atoms. The monoisotopic (exact) mass is 326 g/mol. The van der Waals surface area contributed by atoms with Gasteiger partial charge in [-0.25, -0.2) is 0 Å². The molecule has 0 saturated carbocycles. The zero-order valence-electron chi connectivity index (χ0n) is 10.6. The summed E-state index contributed by atoms with van der Waals surface area (Å²) in [6.45, 7) is 3.98. The molecule has 19 heavy (non-hydrogen) atoms. The topological polar surface area (TPSA) is 75.4 Å². The molecule has 0 aliphatic heterocycles. The molecule has 0 spiro atoms. The highest BCUT2D eigenvalue weighted by Gasteiger charge is 2.16. The lowest BCUT2D eigenvalue weighted by atomic mass is 10.0. The molecule has 108 valence electrons. The van der Waals surface area contributed by atoms with E-state index in [-0.39, 0.29) is 34.1 Å². The van der Waals surface area contributed by atoms with Crippen molar-refractivity contribution in [3.8, 4) is 5.75 Å². The molecule has 0 unspecified atom stereocenters. The molecule has 1 rings (SSSR count). The lowest BCUT2D eigenvalue weighted by Crippen LogP contribution is -2.36. The number of benzene rings is 1. The van der Waals surface area contributed by atoms with E-state index in [2.05, 4.69) is 5.32 Å². The van der Waals surface area contributed by atoms with Crippen LogP contribution in [0.25, 0.3) is 0 Å². The minimum atomic E-state index is -0.587. The van der Waals surface area contributed by atoms with Gasteiger partial charge in [0.2, 0.25) is 5.91 Å². The second-order valence-corrected chi connectivity index (χ2v) is 5.33. The minimum absolute atomic E-state index is 0. The first-order valence-corrected chi connectivity index (χ1v) is 6.31. The summed E-state index contributed by atoms with van der Waals surface area (Å²) >= 11 is 11.5. The first kappa shape index (κ1) is 18.3. The fraction of sp³-hybridized carbons (Fsp3) is 0.417. The number of rotatable bonds is 4. The third kappa shape index (κ3) is 5.45. The summed E-state index contributed by atoms with van der Waals surface area (Å²) < 4.78 is 0. The Balaban J connectivity index is 0.00000324. The van der Waals surface area contributed by atoms with Crippen molar-refractivity contribution < 1.29 is 9.90 Å². The van der Waals surface area contributed by atoms with Gasteiger partial charge in [-0.2, -0.15) is 0 Å². The molecular weight excluding hydrogens is 311 g/mol. The van der Waals surface area contributed by atoms with E-state index in [0.717, 1.165) is 0 Å². The number of hydrogen-bond acceptors (Lipinski definition) is 3. The van der Waals surface area contributed by atoms with E-state index in [0.29, 0.717) is 18.0 Å². The average Bonchev–Trinajstić information content (AvgIpc) is 2.24. The van der Waals surface area contributed by atoms with Gasteiger partial charge in [0.05, 0.1) is 16.1 Å². The van der Waals surface area contributed by atoms with Crippen LogP contribution < -0.4 is 11.1 Å². The standard InChI is InChI=1S/C12H16Cl2N2O2.ClH/c1-6(2)3-10(15)12(18)16-7-4-8(13)11(17)9(14)5-7;/h4-6,10,17H,3,15H2,1-2H3,(H,16,18);1H/t10-;/m0./s1. The van der Waals surface area contributed by atoms with Crippen molar-refractivity contribution in [2.75, 3.05) is 5.32 Å². The first-order valence-electron chi connectivity index (χ1n) is 5.55. The van der Waals surface area contributed by atoms with E-state index in [9.17, 15) is 9.90 Å². The second-order valence-electron chi connectivity index (χ2n) is 4.51. The predicted molar refractivity (Wildman–Crippen MR) is 81.4 cm³/mol. The number of anilines is 1. The molecule has 1 aromatic rings. The molecule has 0 heterocycles. The number of phenolic OH excluding ortho intramolecular Hbond substituents is 1. The molecule has 4 N–H and O–H groups in total. The Kier molecular flexibility index (Phi) is 7.52. The molecular formula is C12H17Cl3N2O2. The Morgan fingerprint density at radius 2 is 1.84 bits per heavy atom. The van der Waals surface area contributed by atoms with Gasteiger partial charge in [0.25, 0.3) is 0 Å². The molecule has 1 atom stereocenters. The summed E-state index contributed by atoms with van der Waals surface area (Å²) in [5.74, 6) is -0.179. The highest BCUT2D eigenvalue weighted by atomic mass is 35.5. The Labute approximate surface area is 128 Å². The van der Waals surface area contributed by atoms with Crippen LogP contribution in [-0.2, 0) is 4.79 Å². The Bertz CT molecular complexity index is 430. The van der Waals surface area contributed by atoms with Gasteiger partial charge in [0.1, 0.15) is 0 Å². The van der Waals surface area contributed by atoms with E-state index in [1.807, 2.05) is 13.8 Å². The smallest absolute Gasteiger partial charge is 0.241 e. The Morgan fingerprint density at radius 3 is 2.26 bits per heavy atom. The second kappa shape index (κ2) is 7.80. The number of amides is 1. The third-order valence-corrected chi connectivity index (χ3v) is 2.92. The van der Waals surface area contributed by atoms with Gasteiger partial charge in [-0.1, -0.05) is 37.0 Å². The molecule has 0 aliphatic rings. The van der Waals surface area contributed by atoms with Gasteiger partial charge in [0, 0.05) is 5.69 Å². The van der Waals surface area contributed by atoms with Crippen LogP contribution in [0.15, 0.2) is 12.1 Å². The highest BCUT2D eigenvalue weighted by molar-refractivity contribution is 6.37. The maximum Gasteiger partial charge on any atom is 0.241 e. The fourth-order valence-corrected chi connectivity index (χ4v) is 1.97. The Morgan fingerprint density at radius 1 is 1.37 bits per heavy atom. The highest BCUT2D eigenvalue weighted by Crippen LogP contribution is 2.34. The van der Waals surface area contributed by atoms with Crippen molar-refractivity contribution in [2.45, 2.75) is 26.3 Å². The number of carbonyl (C=O) groups is 1. The van der Waals surface area contributed by atoms with Gasteiger partial charge in [-0.05, 0) is 24.5 Å². The van der Waals surface area contributed by atoms with Crippen LogP contribution in [0.4, 0.5) is 5.69 Å². The van der Waals surface area contributed by atoms with Crippen LogP contribution in [0.1, 0.15) is 20.3 Å². The molecule has 7 heteroatoms. The molecule has 0 saturated heterocycles. The van der Waals surface area contributed by atoms with Gasteiger partial charge in [0.15, 0.2) is 5.75 Å². The maximum absolute atomic E-state index is 11.8. The lowest BCUT2D eigenvalue weighted by Gasteiger charge is -2.14. The van der Waals surface area contributed by atoms with Crippen molar-refractivity contribution in [3.05, 3.63) is 22.2 Å². The summed E-state index contributed by atoms with van der Waals surface area (Å²) in [4.78, 5) is 11.8. The van der Waals surface area contributed by atoms with Gasteiger partial charge < -0.3 is 16.2 Å². The number of halogens is 3. The largest absolute Gasteiger partial charge is 0.505 e. The average molecular weight is 328 g/mol. The fourth-order valence-electron chi connectivity index (χ4n) is 1.49. The molecule has 0 aliphatic carbocycles. The molecule has 0 fully saturated rings. The third-order valence-electron chi connectivity index (χ3n) is 2.35. The van der Waals surface area contributed by atoms with Crippen LogP contribution in [0, 0.1) is 5.92 Å². The summed E-state index contributed by atoms with van der Waals surface area (Å²) in [5, 5.41) is 12.2.